The highest BCUT2D eigenvalue weighted by Gasteiger charge is 2.53. The van der Waals surface area contributed by atoms with Crippen LogP contribution in [0.1, 0.15) is 6.42 Å². The number of benzene rings is 1. The lowest BCUT2D eigenvalue weighted by atomic mass is 9.99. The van der Waals surface area contributed by atoms with Crippen LogP contribution < -0.4 is 10.2 Å². The second kappa shape index (κ2) is 7.69. The van der Waals surface area contributed by atoms with E-state index in [1.165, 1.54) is 10.6 Å². The molecule has 8 heteroatoms. The van der Waals surface area contributed by atoms with Gasteiger partial charge in [0.15, 0.2) is 0 Å². The van der Waals surface area contributed by atoms with Crippen LogP contribution in [0.4, 0.5) is 10.5 Å². The van der Waals surface area contributed by atoms with Gasteiger partial charge in [-0.25, -0.2) is 4.79 Å². The normalized spacial score (nSPS) is 27.4. The third-order valence-electron chi connectivity index (χ3n) is 5.62. The minimum atomic E-state index is -0.733. The molecule has 7 nitrogen and oxygen atoms in total. The number of piperazine rings is 1. The Balaban J connectivity index is 1.27. The largest absolute Gasteiger partial charge is 0.390 e. The first-order chi connectivity index (χ1) is 13.1. The number of rotatable bonds is 5. The Bertz CT molecular complexity index is 687. The molecule has 146 valence electrons. The molecule has 3 aliphatic rings. The molecule has 0 aromatic heterocycles. The van der Waals surface area contributed by atoms with E-state index in [0.29, 0.717) is 18.7 Å². The molecule has 27 heavy (non-hydrogen) atoms. The third-order valence-corrected chi connectivity index (χ3v) is 6.81. The Morgan fingerprint density at radius 3 is 2.52 bits per heavy atom. The van der Waals surface area contributed by atoms with Gasteiger partial charge in [-0.3, -0.25) is 14.6 Å². The summed E-state index contributed by atoms with van der Waals surface area (Å²) in [5, 5.41) is 13.3. The van der Waals surface area contributed by atoms with Gasteiger partial charge in [0, 0.05) is 44.2 Å². The Morgan fingerprint density at radius 1 is 1.11 bits per heavy atom. The molecule has 1 aromatic carbocycles. The van der Waals surface area contributed by atoms with Crippen LogP contribution in [0.3, 0.4) is 0 Å². The summed E-state index contributed by atoms with van der Waals surface area (Å²) in [6.07, 6.45) is -0.0526. The summed E-state index contributed by atoms with van der Waals surface area (Å²) in [4.78, 5) is 30.6. The van der Waals surface area contributed by atoms with E-state index in [-0.39, 0.29) is 18.5 Å². The Kier molecular flexibility index (Phi) is 5.29. The average Bonchev–Trinajstić information content (AvgIpc) is 3.24. The van der Waals surface area contributed by atoms with E-state index in [9.17, 15) is 14.7 Å². The van der Waals surface area contributed by atoms with E-state index >= 15 is 0 Å². The SMILES string of the molecule is O=C1NC2(CCSC2)C(=O)N1CC(O)CN1CCN(c2ccccc2)CC1. The first kappa shape index (κ1) is 18.6. The van der Waals surface area contributed by atoms with Crippen molar-refractivity contribution in [2.45, 2.75) is 18.1 Å². The summed E-state index contributed by atoms with van der Waals surface area (Å²) in [6, 6.07) is 9.95. The van der Waals surface area contributed by atoms with Gasteiger partial charge in [-0.15, -0.1) is 0 Å². The van der Waals surface area contributed by atoms with E-state index in [0.717, 1.165) is 31.9 Å². The zero-order valence-corrected chi connectivity index (χ0v) is 16.2. The molecule has 3 saturated heterocycles. The van der Waals surface area contributed by atoms with Crippen molar-refractivity contribution in [1.29, 1.82) is 0 Å². The molecule has 2 atom stereocenters. The summed E-state index contributed by atoms with van der Waals surface area (Å²) in [5.41, 5.74) is 0.486. The van der Waals surface area contributed by atoms with Crippen LogP contribution in [-0.4, -0.2) is 89.3 Å². The number of urea groups is 1. The number of amides is 3. The van der Waals surface area contributed by atoms with E-state index in [1.807, 2.05) is 18.2 Å². The molecule has 0 bridgehead atoms. The lowest BCUT2D eigenvalue weighted by Gasteiger charge is -2.37. The number of β-amino-alcohol motifs (C(OH)–C–C–N with tert-alkyl or cyclic N) is 1. The number of nitrogens with one attached hydrogen (secondary N) is 1. The minimum absolute atomic E-state index is 0.0655. The number of aliphatic hydroxyl groups excluding tert-OH is 1. The Morgan fingerprint density at radius 2 is 1.85 bits per heavy atom. The first-order valence-electron chi connectivity index (χ1n) is 9.50. The average molecular weight is 391 g/mol. The Hall–Kier alpha value is -1.77. The molecular formula is C19H26N4O3S. The lowest BCUT2D eigenvalue weighted by molar-refractivity contribution is -0.131. The van der Waals surface area contributed by atoms with Gasteiger partial charge in [0.1, 0.15) is 5.54 Å². The molecule has 0 radical (unpaired) electrons. The maximum atomic E-state index is 12.7. The predicted octanol–water partition coefficient (Wildman–Crippen LogP) is 0.597. The maximum Gasteiger partial charge on any atom is 0.325 e. The number of para-hydroxylation sites is 1. The molecular weight excluding hydrogens is 364 g/mol. The van der Waals surface area contributed by atoms with Crippen molar-refractivity contribution >= 4 is 29.4 Å². The number of nitrogens with zero attached hydrogens (tertiary/aromatic N) is 3. The van der Waals surface area contributed by atoms with Crippen molar-refractivity contribution in [1.82, 2.24) is 15.1 Å². The summed E-state index contributed by atoms with van der Waals surface area (Å²) >= 11 is 1.69. The monoisotopic (exact) mass is 390 g/mol. The van der Waals surface area contributed by atoms with E-state index in [4.69, 9.17) is 0 Å². The van der Waals surface area contributed by atoms with Crippen LogP contribution in [0.2, 0.25) is 0 Å². The highest BCUT2D eigenvalue weighted by Crippen LogP contribution is 2.33. The van der Waals surface area contributed by atoms with Crippen LogP contribution in [-0.2, 0) is 4.79 Å². The summed E-state index contributed by atoms with van der Waals surface area (Å²) in [7, 11) is 0. The van der Waals surface area contributed by atoms with Gasteiger partial charge < -0.3 is 15.3 Å². The number of carbonyl (C=O) groups excluding carboxylic acids is 2. The van der Waals surface area contributed by atoms with Gasteiger partial charge in [0.2, 0.25) is 0 Å². The molecule has 2 N–H and O–H groups in total. The number of hydrogen-bond acceptors (Lipinski definition) is 6. The fourth-order valence-electron chi connectivity index (χ4n) is 4.07. The van der Waals surface area contributed by atoms with Crippen molar-refractivity contribution in [2.24, 2.45) is 0 Å². The highest BCUT2D eigenvalue weighted by molar-refractivity contribution is 7.99. The fraction of sp³-hybridized carbons (Fsp3) is 0.579. The number of hydrogen-bond donors (Lipinski definition) is 2. The highest BCUT2D eigenvalue weighted by atomic mass is 32.2. The van der Waals surface area contributed by atoms with Crippen LogP contribution in [0.15, 0.2) is 30.3 Å². The van der Waals surface area contributed by atoms with Gasteiger partial charge in [0.25, 0.3) is 5.91 Å². The van der Waals surface area contributed by atoms with Crippen molar-refractivity contribution in [3.63, 3.8) is 0 Å². The molecule has 1 aromatic rings. The predicted molar refractivity (Wildman–Crippen MR) is 106 cm³/mol. The molecule has 2 unspecified atom stereocenters. The molecule has 0 saturated carbocycles. The smallest absolute Gasteiger partial charge is 0.325 e. The van der Waals surface area contributed by atoms with Gasteiger partial charge >= 0.3 is 6.03 Å². The second-order valence-corrected chi connectivity index (χ2v) is 8.61. The third kappa shape index (κ3) is 3.79. The fourth-order valence-corrected chi connectivity index (χ4v) is 5.39. The van der Waals surface area contributed by atoms with Crippen LogP contribution in [0, 0.1) is 0 Å². The van der Waals surface area contributed by atoms with Crippen molar-refractivity contribution < 1.29 is 14.7 Å². The second-order valence-electron chi connectivity index (χ2n) is 7.51. The summed E-state index contributed by atoms with van der Waals surface area (Å²) in [6.45, 7) is 4.05. The van der Waals surface area contributed by atoms with Gasteiger partial charge in [-0.2, -0.15) is 11.8 Å². The molecule has 3 heterocycles. The van der Waals surface area contributed by atoms with Crippen molar-refractivity contribution in [2.75, 3.05) is 55.7 Å². The van der Waals surface area contributed by atoms with Crippen molar-refractivity contribution in [3.8, 4) is 0 Å². The van der Waals surface area contributed by atoms with E-state index < -0.39 is 11.6 Å². The number of aliphatic hydroxyl groups is 1. The van der Waals surface area contributed by atoms with E-state index in [2.05, 4.69) is 27.2 Å². The lowest BCUT2D eigenvalue weighted by Crippen LogP contribution is -2.51. The summed E-state index contributed by atoms with van der Waals surface area (Å²) in [5.74, 6) is 1.34. The van der Waals surface area contributed by atoms with E-state index in [1.54, 1.807) is 11.8 Å². The molecule has 3 amide bonds. The number of thioether (sulfide) groups is 1. The van der Waals surface area contributed by atoms with Crippen LogP contribution in [0.5, 0.6) is 0 Å². The first-order valence-corrected chi connectivity index (χ1v) is 10.7. The number of anilines is 1. The standard InChI is InChI=1S/C19H26N4O3S/c24-16(13-23-17(25)19(20-18(23)26)6-11-27-14-19)12-21-7-9-22(10-8-21)15-4-2-1-3-5-15/h1-5,16,24H,6-14H2,(H,20,26). The Labute approximate surface area is 163 Å². The summed E-state index contributed by atoms with van der Waals surface area (Å²) < 4.78 is 0. The topological polar surface area (TPSA) is 76.1 Å². The molecule has 1 spiro atoms. The van der Waals surface area contributed by atoms with Crippen molar-refractivity contribution in [3.05, 3.63) is 30.3 Å². The van der Waals surface area contributed by atoms with Crippen LogP contribution in [0.25, 0.3) is 0 Å². The van der Waals surface area contributed by atoms with Crippen LogP contribution >= 0.6 is 11.8 Å². The zero-order valence-electron chi connectivity index (χ0n) is 15.3. The van der Waals surface area contributed by atoms with Gasteiger partial charge in [-0.05, 0) is 24.3 Å². The van der Waals surface area contributed by atoms with Gasteiger partial charge in [-0.1, -0.05) is 18.2 Å². The maximum absolute atomic E-state index is 12.7. The molecule has 3 fully saturated rings. The molecule has 3 aliphatic heterocycles. The minimum Gasteiger partial charge on any atom is -0.390 e. The van der Waals surface area contributed by atoms with Gasteiger partial charge in [0.05, 0.1) is 12.6 Å². The number of carbonyl (C=O) groups is 2. The number of imide groups is 1. The quantitative estimate of drug-likeness (QED) is 0.717. The molecule has 4 rings (SSSR count). The zero-order chi connectivity index (χ0) is 18.9. The molecule has 0 aliphatic carbocycles.